The molecule has 1 saturated heterocycles. The van der Waals surface area contributed by atoms with Crippen molar-refractivity contribution in [2.24, 2.45) is 0 Å². The largest absolute Gasteiger partial charge is 0.378 e. The molecular formula is C9H10ClN3O2. The monoisotopic (exact) mass is 227 g/mol. The molecule has 0 bridgehead atoms. The maximum atomic E-state index is 11.9. The van der Waals surface area contributed by atoms with Crippen molar-refractivity contribution < 1.29 is 9.53 Å². The van der Waals surface area contributed by atoms with Crippen molar-refractivity contribution in [2.75, 3.05) is 26.3 Å². The number of carbonyl (C=O) groups excluding carboxylic acids is 1. The summed E-state index contributed by atoms with van der Waals surface area (Å²) >= 11 is 5.66. The van der Waals surface area contributed by atoms with Gasteiger partial charge in [-0.15, -0.1) is 0 Å². The Bertz CT molecular complexity index is 366. The number of rotatable bonds is 1. The molecule has 0 aromatic carbocycles. The highest BCUT2D eigenvalue weighted by Gasteiger charge is 2.19. The summed E-state index contributed by atoms with van der Waals surface area (Å²) in [6.07, 6.45) is 2.82. The quantitative estimate of drug-likeness (QED) is 0.705. The van der Waals surface area contributed by atoms with Crippen LogP contribution in [0.25, 0.3) is 0 Å². The maximum Gasteiger partial charge on any atom is 0.274 e. The van der Waals surface area contributed by atoms with E-state index in [4.69, 9.17) is 16.3 Å². The third kappa shape index (κ3) is 2.43. The summed E-state index contributed by atoms with van der Waals surface area (Å²) in [5.41, 5.74) is 0.282. The van der Waals surface area contributed by atoms with Gasteiger partial charge in [0.05, 0.1) is 25.6 Å². The second-order valence-electron chi connectivity index (χ2n) is 3.13. The van der Waals surface area contributed by atoms with Crippen LogP contribution in [0.2, 0.25) is 5.15 Å². The van der Waals surface area contributed by atoms with Crippen molar-refractivity contribution in [3.05, 3.63) is 23.2 Å². The van der Waals surface area contributed by atoms with Gasteiger partial charge in [0.15, 0.2) is 0 Å². The number of amides is 1. The first-order chi connectivity index (χ1) is 7.27. The molecule has 1 aliphatic heterocycles. The van der Waals surface area contributed by atoms with Crippen molar-refractivity contribution in [3.8, 4) is 0 Å². The summed E-state index contributed by atoms with van der Waals surface area (Å²) in [7, 11) is 0. The van der Waals surface area contributed by atoms with Crippen LogP contribution in [0.4, 0.5) is 0 Å². The Balaban J connectivity index is 2.12. The zero-order chi connectivity index (χ0) is 10.7. The van der Waals surface area contributed by atoms with Crippen LogP contribution < -0.4 is 0 Å². The lowest BCUT2D eigenvalue weighted by Crippen LogP contribution is -2.41. The molecule has 1 aromatic rings. The molecule has 1 amide bonds. The van der Waals surface area contributed by atoms with Gasteiger partial charge in [-0.3, -0.25) is 9.78 Å². The van der Waals surface area contributed by atoms with E-state index in [9.17, 15) is 4.79 Å². The fourth-order valence-corrected chi connectivity index (χ4v) is 1.52. The van der Waals surface area contributed by atoms with Crippen molar-refractivity contribution in [2.45, 2.75) is 0 Å². The molecule has 80 valence electrons. The average molecular weight is 228 g/mol. The Kier molecular flexibility index (Phi) is 3.13. The van der Waals surface area contributed by atoms with E-state index in [1.165, 1.54) is 12.4 Å². The molecule has 6 heteroatoms. The number of hydrogen-bond acceptors (Lipinski definition) is 4. The molecular weight excluding hydrogens is 218 g/mol. The molecule has 0 atom stereocenters. The summed E-state index contributed by atoms with van der Waals surface area (Å²) in [5, 5.41) is 0.231. The van der Waals surface area contributed by atoms with Crippen LogP contribution >= 0.6 is 11.6 Å². The van der Waals surface area contributed by atoms with E-state index in [2.05, 4.69) is 9.97 Å². The average Bonchev–Trinajstić information content (AvgIpc) is 2.29. The zero-order valence-electron chi connectivity index (χ0n) is 8.02. The van der Waals surface area contributed by atoms with E-state index in [1.54, 1.807) is 4.90 Å². The summed E-state index contributed by atoms with van der Waals surface area (Å²) in [6.45, 7) is 2.32. The molecule has 0 unspecified atom stereocenters. The van der Waals surface area contributed by atoms with Gasteiger partial charge < -0.3 is 9.64 Å². The summed E-state index contributed by atoms with van der Waals surface area (Å²) in [4.78, 5) is 21.3. The molecule has 0 radical (unpaired) electrons. The van der Waals surface area contributed by atoms with Gasteiger partial charge in [0.25, 0.3) is 5.91 Å². The van der Waals surface area contributed by atoms with Gasteiger partial charge in [-0.05, 0) is 0 Å². The van der Waals surface area contributed by atoms with Crippen molar-refractivity contribution in [1.29, 1.82) is 0 Å². The first-order valence-corrected chi connectivity index (χ1v) is 5.00. The van der Waals surface area contributed by atoms with E-state index >= 15 is 0 Å². The molecule has 1 aromatic heterocycles. The van der Waals surface area contributed by atoms with Crippen LogP contribution in [0, 0.1) is 0 Å². The Morgan fingerprint density at radius 2 is 2.13 bits per heavy atom. The standard InChI is InChI=1S/C9H10ClN3O2/c10-8-6-11-5-7(12-8)9(14)13-1-3-15-4-2-13/h5-6H,1-4H2. The Morgan fingerprint density at radius 1 is 1.40 bits per heavy atom. The van der Waals surface area contributed by atoms with Crippen molar-refractivity contribution >= 4 is 17.5 Å². The van der Waals surface area contributed by atoms with Crippen LogP contribution in [-0.4, -0.2) is 47.1 Å². The highest BCUT2D eigenvalue weighted by Crippen LogP contribution is 2.07. The van der Waals surface area contributed by atoms with Crippen molar-refractivity contribution in [3.63, 3.8) is 0 Å². The van der Waals surface area contributed by atoms with Crippen LogP contribution in [0.15, 0.2) is 12.4 Å². The molecule has 1 aliphatic rings. The molecule has 1 fully saturated rings. The second-order valence-corrected chi connectivity index (χ2v) is 3.52. The Hall–Kier alpha value is -1.20. The molecule has 0 aliphatic carbocycles. The normalized spacial score (nSPS) is 16.5. The van der Waals surface area contributed by atoms with Crippen LogP contribution in [0.5, 0.6) is 0 Å². The highest BCUT2D eigenvalue weighted by atomic mass is 35.5. The Morgan fingerprint density at radius 3 is 2.80 bits per heavy atom. The smallest absolute Gasteiger partial charge is 0.274 e. The van der Waals surface area contributed by atoms with Crippen LogP contribution in [-0.2, 0) is 4.74 Å². The third-order valence-corrected chi connectivity index (χ3v) is 2.30. The fourth-order valence-electron chi connectivity index (χ4n) is 1.37. The number of carbonyl (C=O) groups is 1. The van der Waals surface area contributed by atoms with Gasteiger partial charge in [-0.25, -0.2) is 4.98 Å². The lowest BCUT2D eigenvalue weighted by atomic mass is 10.3. The summed E-state index contributed by atoms with van der Waals surface area (Å²) in [5.74, 6) is -0.145. The molecule has 0 spiro atoms. The predicted octanol–water partition coefficient (Wildman–Crippen LogP) is 0.602. The van der Waals surface area contributed by atoms with Crippen LogP contribution in [0.3, 0.4) is 0 Å². The number of aromatic nitrogens is 2. The molecule has 0 saturated carbocycles. The minimum Gasteiger partial charge on any atom is -0.378 e. The minimum absolute atomic E-state index is 0.145. The lowest BCUT2D eigenvalue weighted by Gasteiger charge is -2.26. The van der Waals surface area contributed by atoms with E-state index in [0.29, 0.717) is 26.3 Å². The number of halogens is 1. The second kappa shape index (κ2) is 4.55. The molecule has 15 heavy (non-hydrogen) atoms. The number of morpholine rings is 1. The summed E-state index contributed by atoms with van der Waals surface area (Å²) in [6, 6.07) is 0. The van der Waals surface area contributed by atoms with Gasteiger partial charge in [-0.1, -0.05) is 11.6 Å². The number of ether oxygens (including phenoxy) is 1. The number of hydrogen-bond donors (Lipinski definition) is 0. The van der Waals surface area contributed by atoms with E-state index in [0.717, 1.165) is 0 Å². The van der Waals surface area contributed by atoms with Gasteiger partial charge in [0.2, 0.25) is 0 Å². The van der Waals surface area contributed by atoms with E-state index < -0.39 is 0 Å². The third-order valence-electron chi connectivity index (χ3n) is 2.12. The molecule has 2 heterocycles. The Labute approximate surface area is 92.0 Å². The van der Waals surface area contributed by atoms with E-state index in [-0.39, 0.29) is 16.8 Å². The topological polar surface area (TPSA) is 55.3 Å². The SMILES string of the molecule is O=C(c1cncc(Cl)n1)N1CCOCC1. The van der Waals surface area contributed by atoms with E-state index in [1.807, 2.05) is 0 Å². The first-order valence-electron chi connectivity index (χ1n) is 4.62. The first kappa shape index (κ1) is 10.3. The maximum absolute atomic E-state index is 11.9. The fraction of sp³-hybridized carbons (Fsp3) is 0.444. The van der Waals surface area contributed by atoms with Gasteiger partial charge in [0.1, 0.15) is 10.8 Å². The minimum atomic E-state index is -0.145. The summed E-state index contributed by atoms with van der Waals surface area (Å²) < 4.78 is 5.15. The molecule has 0 N–H and O–H groups in total. The molecule has 5 nitrogen and oxygen atoms in total. The van der Waals surface area contributed by atoms with Gasteiger partial charge >= 0.3 is 0 Å². The predicted molar refractivity (Wildman–Crippen MR) is 53.8 cm³/mol. The highest BCUT2D eigenvalue weighted by molar-refractivity contribution is 6.29. The van der Waals surface area contributed by atoms with Gasteiger partial charge in [-0.2, -0.15) is 0 Å². The zero-order valence-corrected chi connectivity index (χ0v) is 8.78. The van der Waals surface area contributed by atoms with Gasteiger partial charge in [0, 0.05) is 13.1 Å². The molecule has 2 rings (SSSR count). The number of nitrogens with zero attached hydrogens (tertiary/aromatic N) is 3. The van der Waals surface area contributed by atoms with Crippen molar-refractivity contribution in [1.82, 2.24) is 14.9 Å². The lowest BCUT2D eigenvalue weighted by molar-refractivity contribution is 0.0298. The van der Waals surface area contributed by atoms with Crippen LogP contribution in [0.1, 0.15) is 10.5 Å².